The Bertz CT molecular complexity index is 522. The number of aliphatic hydroxyl groups excluding tert-OH is 1. The van der Waals surface area contributed by atoms with E-state index in [-0.39, 0.29) is 24.0 Å². The van der Waals surface area contributed by atoms with Gasteiger partial charge in [0.2, 0.25) is 0 Å². The summed E-state index contributed by atoms with van der Waals surface area (Å²) in [5.41, 5.74) is 0. The molecule has 1 aromatic heterocycles. The van der Waals surface area contributed by atoms with Gasteiger partial charge in [0.15, 0.2) is 15.7 Å². The summed E-state index contributed by atoms with van der Waals surface area (Å²) in [7, 11) is -2.93. The van der Waals surface area contributed by atoms with Crippen LogP contribution < -0.4 is 0 Å². The molecule has 1 aliphatic heterocycles. The van der Waals surface area contributed by atoms with Crippen molar-refractivity contribution >= 4 is 9.84 Å². The molecule has 2 rings (SSSR count). The summed E-state index contributed by atoms with van der Waals surface area (Å²) in [5, 5.41) is 17.3. The van der Waals surface area contributed by atoms with Gasteiger partial charge in [-0.25, -0.2) is 8.42 Å². The Morgan fingerprint density at radius 1 is 1.44 bits per heavy atom. The van der Waals surface area contributed by atoms with Crippen LogP contribution in [0.4, 0.5) is 0 Å². The van der Waals surface area contributed by atoms with Gasteiger partial charge in [-0.05, 0) is 12.3 Å². The predicted molar refractivity (Wildman–Crippen MR) is 66.8 cm³/mol. The minimum absolute atomic E-state index is 0.0819. The van der Waals surface area contributed by atoms with E-state index in [1.807, 2.05) is 4.57 Å². The number of rotatable bonds is 4. The van der Waals surface area contributed by atoms with E-state index in [4.69, 9.17) is 0 Å². The minimum Gasteiger partial charge on any atom is -0.388 e. The molecule has 0 spiro atoms. The van der Waals surface area contributed by atoms with Crippen LogP contribution in [-0.2, 0) is 23.0 Å². The lowest BCUT2D eigenvalue weighted by molar-refractivity contribution is 0.261. The van der Waals surface area contributed by atoms with Crippen molar-refractivity contribution in [3.05, 3.63) is 11.6 Å². The molecule has 0 saturated carbocycles. The standard InChI is InChI=1S/C11H19N3O3S/c1-8(2)5-14-10(6-15)12-13-11(14)9-3-4-18(16,17)7-9/h8-9,15H,3-7H2,1-2H3. The lowest BCUT2D eigenvalue weighted by atomic mass is 10.1. The second kappa shape index (κ2) is 4.97. The van der Waals surface area contributed by atoms with Crippen LogP contribution in [0.3, 0.4) is 0 Å². The molecule has 1 aliphatic rings. The van der Waals surface area contributed by atoms with Crippen LogP contribution in [0.1, 0.15) is 37.8 Å². The lowest BCUT2D eigenvalue weighted by Gasteiger charge is -2.14. The van der Waals surface area contributed by atoms with Crippen LogP contribution in [-0.4, -0.2) is 39.8 Å². The first-order chi connectivity index (χ1) is 8.43. The molecule has 0 aliphatic carbocycles. The summed E-state index contributed by atoms with van der Waals surface area (Å²) < 4.78 is 24.9. The second-order valence-electron chi connectivity index (χ2n) is 5.24. The molecule has 18 heavy (non-hydrogen) atoms. The van der Waals surface area contributed by atoms with Crippen LogP contribution in [0.2, 0.25) is 0 Å². The Hall–Kier alpha value is -0.950. The van der Waals surface area contributed by atoms with Crippen LogP contribution in [0.15, 0.2) is 0 Å². The van der Waals surface area contributed by atoms with Crippen molar-refractivity contribution in [3.8, 4) is 0 Å². The normalized spacial score (nSPS) is 22.8. The van der Waals surface area contributed by atoms with Gasteiger partial charge in [0, 0.05) is 12.5 Å². The van der Waals surface area contributed by atoms with Crippen molar-refractivity contribution in [2.75, 3.05) is 11.5 Å². The van der Waals surface area contributed by atoms with Crippen LogP contribution in [0.5, 0.6) is 0 Å². The van der Waals surface area contributed by atoms with E-state index in [9.17, 15) is 13.5 Å². The third kappa shape index (κ3) is 2.72. The molecule has 0 amide bonds. The highest BCUT2D eigenvalue weighted by Gasteiger charge is 2.33. The minimum atomic E-state index is -2.93. The van der Waals surface area contributed by atoms with Crippen LogP contribution >= 0.6 is 0 Å². The Morgan fingerprint density at radius 3 is 2.67 bits per heavy atom. The molecular weight excluding hydrogens is 254 g/mol. The second-order valence-corrected chi connectivity index (χ2v) is 7.47. The van der Waals surface area contributed by atoms with Gasteiger partial charge in [0.25, 0.3) is 0 Å². The van der Waals surface area contributed by atoms with Gasteiger partial charge in [-0.3, -0.25) is 0 Å². The van der Waals surface area contributed by atoms with Crippen molar-refractivity contribution in [1.29, 1.82) is 0 Å². The summed E-state index contributed by atoms with van der Waals surface area (Å²) in [6, 6.07) is 0. The summed E-state index contributed by atoms with van der Waals surface area (Å²) >= 11 is 0. The number of sulfone groups is 1. The largest absolute Gasteiger partial charge is 0.388 e. The summed E-state index contributed by atoms with van der Waals surface area (Å²) in [6.45, 7) is 4.67. The smallest absolute Gasteiger partial charge is 0.158 e. The molecule has 2 heterocycles. The molecule has 0 bridgehead atoms. The first-order valence-electron chi connectivity index (χ1n) is 6.16. The van der Waals surface area contributed by atoms with Crippen molar-refractivity contribution < 1.29 is 13.5 Å². The maximum absolute atomic E-state index is 11.5. The molecule has 7 heteroatoms. The van der Waals surface area contributed by atoms with Crippen molar-refractivity contribution in [3.63, 3.8) is 0 Å². The summed E-state index contributed by atoms with van der Waals surface area (Å²) in [4.78, 5) is 0. The fraction of sp³-hybridized carbons (Fsp3) is 0.818. The molecule has 0 radical (unpaired) electrons. The molecule has 1 fully saturated rings. The Labute approximate surface area is 107 Å². The predicted octanol–water partition coefficient (Wildman–Crippen LogP) is 0.329. The molecule has 1 saturated heterocycles. The SMILES string of the molecule is CC(C)Cn1c(CO)nnc1C1CCS(=O)(=O)C1. The van der Waals surface area contributed by atoms with E-state index in [2.05, 4.69) is 24.0 Å². The van der Waals surface area contributed by atoms with Gasteiger partial charge in [0.05, 0.1) is 11.5 Å². The van der Waals surface area contributed by atoms with Crippen molar-refractivity contribution in [2.45, 2.75) is 39.3 Å². The van der Waals surface area contributed by atoms with E-state index in [1.165, 1.54) is 0 Å². The Morgan fingerprint density at radius 2 is 2.17 bits per heavy atom. The van der Waals surface area contributed by atoms with Gasteiger partial charge in [0.1, 0.15) is 12.4 Å². The zero-order chi connectivity index (χ0) is 13.3. The molecule has 0 aromatic carbocycles. The highest BCUT2D eigenvalue weighted by atomic mass is 32.2. The highest BCUT2D eigenvalue weighted by Crippen LogP contribution is 2.28. The number of hydrogen-bond donors (Lipinski definition) is 1. The number of hydrogen-bond acceptors (Lipinski definition) is 5. The maximum Gasteiger partial charge on any atom is 0.158 e. The first kappa shape index (κ1) is 13.5. The van der Waals surface area contributed by atoms with Gasteiger partial charge < -0.3 is 9.67 Å². The summed E-state index contributed by atoms with van der Waals surface area (Å²) in [5.74, 6) is 1.90. The molecule has 6 nitrogen and oxygen atoms in total. The topological polar surface area (TPSA) is 85.1 Å². The van der Waals surface area contributed by atoms with Gasteiger partial charge in [-0.2, -0.15) is 0 Å². The summed E-state index contributed by atoms with van der Waals surface area (Å²) in [6.07, 6.45) is 0.601. The van der Waals surface area contributed by atoms with Gasteiger partial charge in [-0.15, -0.1) is 10.2 Å². The van der Waals surface area contributed by atoms with Crippen molar-refractivity contribution in [1.82, 2.24) is 14.8 Å². The maximum atomic E-state index is 11.5. The van der Waals surface area contributed by atoms with Crippen LogP contribution in [0, 0.1) is 5.92 Å². The molecule has 1 unspecified atom stereocenters. The third-order valence-corrected chi connectivity index (χ3v) is 4.91. The monoisotopic (exact) mass is 273 g/mol. The Kier molecular flexibility index (Phi) is 3.72. The lowest BCUT2D eigenvalue weighted by Crippen LogP contribution is -2.15. The fourth-order valence-electron chi connectivity index (χ4n) is 2.33. The highest BCUT2D eigenvalue weighted by molar-refractivity contribution is 7.91. The van der Waals surface area contributed by atoms with Crippen molar-refractivity contribution in [2.24, 2.45) is 5.92 Å². The van der Waals surface area contributed by atoms with Gasteiger partial charge in [-0.1, -0.05) is 13.8 Å². The van der Waals surface area contributed by atoms with E-state index in [0.29, 0.717) is 30.5 Å². The quantitative estimate of drug-likeness (QED) is 0.854. The van der Waals surface area contributed by atoms with E-state index in [1.54, 1.807) is 0 Å². The zero-order valence-electron chi connectivity index (χ0n) is 10.7. The average molecular weight is 273 g/mol. The third-order valence-electron chi connectivity index (χ3n) is 3.14. The zero-order valence-corrected chi connectivity index (χ0v) is 11.5. The first-order valence-corrected chi connectivity index (χ1v) is 7.98. The number of aromatic nitrogens is 3. The molecule has 1 N–H and O–H groups in total. The molecule has 1 atom stereocenters. The molecule has 1 aromatic rings. The fourth-order valence-corrected chi connectivity index (χ4v) is 4.07. The number of aliphatic hydroxyl groups is 1. The molecule has 102 valence electrons. The number of nitrogens with zero attached hydrogens (tertiary/aromatic N) is 3. The van der Waals surface area contributed by atoms with Gasteiger partial charge >= 0.3 is 0 Å². The molecular formula is C11H19N3O3S. The van der Waals surface area contributed by atoms with E-state index in [0.717, 1.165) is 0 Å². The Balaban J connectivity index is 2.30. The van der Waals surface area contributed by atoms with E-state index < -0.39 is 9.84 Å². The van der Waals surface area contributed by atoms with Crippen LogP contribution in [0.25, 0.3) is 0 Å². The van der Waals surface area contributed by atoms with E-state index >= 15 is 0 Å². The average Bonchev–Trinajstić information content (AvgIpc) is 2.81.